The van der Waals surface area contributed by atoms with Gasteiger partial charge in [-0.1, -0.05) is 24.3 Å². The number of unbranched alkanes of at least 4 members (excludes halogenated alkanes) is 1. The molecule has 0 spiro atoms. The van der Waals surface area contributed by atoms with Crippen molar-refractivity contribution in [1.82, 2.24) is 25.8 Å². The third-order valence-corrected chi connectivity index (χ3v) is 7.69. The fourth-order valence-corrected chi connectivity index (χ4v) is 4.96. The van der Waals surface area contributed by atoms with E-state index in [1.165, 1.54) is 13.0 Å². The molecule has 2 fully saturated rings. The van der Waals surface area contributed by atoms with E-state index < -0.39 is 12.2 Å². The Labute approximate surface area is 254 Å². The number of hydrogen-bond acceptors (Lipinski definition) is 9. The zero-order valence-corrected chi connectivity index (χ0v) is 24.7. The van der Waals surface area contributed by atoms with E-state index in [0.717, 1.165) is 39.0 Å². The molecule has 0 unspecified atom stereocenters. The number of hydrogen-bond donors (Lipinski definition) is 3. The minimum absolute atomic E-state index is 0.00811. The third kappa shape index (κ3) is 7.28. The highest BCUT2D eigenvalue weighted by Gasteiger charge is 2.25. The Hall–Kier alpha value is -4.65. The molecule has 13 heteroatoms. The van der Waals surface area contributed by atoms with Crippen LogP contribution in [-0.2, 0) is 9.59 Å². The number of carbonyl (C=O) groups excluding carboxylic acids is 5. The van der Waals surface area contributed by atoms with Gasteiger partial charge in [0.25, 0.3) is 0 Å². The van der Waals surface area contributed by atoms with Gasteiger partial charge >= 0.3 is 12.2 Å². The number of nitrogens with zero attached hydrogens (tertiary/aromatic N) is 2. The van der Waals surface area contributed by atoms with Gasteiger partial charge in [-0.2, -0.15) is 0 Å². The summed E-state index contributed by atoms with van der Waals surface area (Å²) >= 11 is 0. The van der Waals surface area contributed by atoms with E-state index >= 15 is 0 Å². The normalized spacial score (nSPS) is 14.1. The average molecular weight is 608 g/mol. The van der Waals surface area contributed by atoms with Crippen LogP contribution in [0.4, 0.5) is 9.59 Å². The summed E-state index contributed by atoms with van der Waals surface area (Å²) in [5, 5.41) is 9.56. The molecule has 0 atom stereocenters. The van der Waals surface area contributed by atoms with Gasteiger partial charge in [-0.3, -0.25) is 14.4 Å². The van der Waals surface area contributed by atoms with Crippen molar-refractivity contribution in [3.05, 3.63) is 36.1 Å². The van der Waals surface area contributed by atoms with E-state index in [2.05, 4.69) is 16.0 Å². The van der Waals surface area contributed by atoms with Crippen LogP contribution in [0.3, 0.4) is 0 Å². The van der Waals surface area contributed by atoms with Crippen molar-refractivity contribution in [3.8, 4) is 11.5 Å². The molecule has 3 N–H and O–H groups in total. The smallest absolute Gasteiger partial charge is 0.412 e. The molecule has 3 aromatic rings. The van der Waals surface area contributed by atoms with E-state index in [-0.39, 0.29) is 58.9 Å². The number of benzene rings is 2. The van der Waals surface area contributed by atoms with Gasteiger partial charge in [-0.05, 0) is 31.7 Å². The number of rotatable bonds is 13. The minimum Gasteiger partial charge on any atom is -0.449 e. The molecule has 2 aliphatic rings. The van der Waals surface area contributed by atoms with Gasteiger partial charge in [0.1, 0.15) is 0 Å². The molecule has 2 aliphatic heterocycles. The van der Waals surface area contributed by atoms with Gasteiger partial charge in [0, 0.05) is 69.9 Å². The molecule has 5 rings (SSSR count). The van der Waals surface area contributed by atoms with Crippen LogP contribution in [0.1, 0.15) is 49.6 Å². The Balaban J connectivity index is 1.24. The molecule has 13 nitrogen and oxygen atoms in total. The van der Waals surface area contributed by atoms with E-state index in [1.807, 2.05) is 4.90 Å². The second-order valence-corrected chi connectivity index (χ2v) is 10.8. The van der Waals surface area contributed by atoms with Gasteiger partial charge < -0.3 is 39.6 Å². The lowest BCUT2D eigenvalue weighted by Crippen LogP contribution is -2.47. The van der Waals surface area contributed by atoms with Crippen molar-refractivity contribution in [2.75, 3.05) is 52.4 Å². The maximum Gasteiger partial charge on any atom is 0.412 e. The molecule has 0 radical (unpaired) electrons. The third-order valence-electron chi connectivity index (χ3n) is 7.69. The van der Waals surface area contributed by atoms with Gasteiger partial charge in [0.15, 0.2) is 28.6 Å². The Bertz CT molecular complexity index is 1450. The molecular formula is C31H37N5O8. The number of Topliss-reactive ketones (excluding diaryl/α,β-unsaturated/α-hetero) is 1. The summed E-state index contributed by atoms with van der Waals surface area (Å²) in [6.45, 7) is 5.62. The second-order valence-electron chi connectivity index (χ2n) is 10.8. The number of carbonyl (C=O) groups is 5. The average Bonchev–Trinajstić information content (AvgIpc) is 3.38. The first kappa shape index (κ1) is 30.8. The molecule has 3 heterocycles. The van der Waals surface area contributed by atoms with Crippen molar-refractivity contribution in [2.24, 2.45) is 0 Å². The van der Waals surface area contributed by atoms with Crippen LogP contribution in [0.2, 0.25) is 0 Å². The van der Waals surface area contributed by atoms with Crippen molar-refractivity contribution in [3.63, 3.8) is 0 Å². The Morgan fingerprint density at radius 2 is 1.39 bits per heavy atom. The summed E-state index contributed by atoms with van der Waals surface area (Å²) in [6.07, 6.45) is 2.29. The summed E-state index contributed by atoms with van der Waals surface area (Å²) in [4.78, 5) is 65.4. The topological polar surface area (TPSA) is 160 Å². The van der Waals surface area contributed by atoms with Crippen LogP contribution >= 0.6 is 0 Å². The number of furan rings is 1. The Morgan fingerprint density at radius 1 is 0.773 bits per heavy atom. The molecule has 4 amide bonds. The monoisotopic (exact) mass is 607 g/mol. The SMILES string of the molecule is CC(=O)c1cc2c(OC(=O)NCCNCC(=O)N3CCC3)c3ccccc3c(OC(=O)NCCCCC(=O)N3CCC3)c2o1. The predicted molar refractivity (Wildman–Crippen MR) is 161 cm³/mol. The second kappa shape index (κ2) is 14.2. The molecule has 0 aliphatic carbocycles. The zero-order valence-electron chi connectivity index (χ0n) is 24.7. The van der Waals surface area contributed by atoms with Crippen LogP contribution in [0, 0.1) is 0 Å². The van der Waals surface area contributed by atoms with E-state index in [0.29, 0.717) is 43.1 Å². The number of amides is 4. The number of ketones is 1. The molecule has 2 saturated heterocycles. The van der Waals surface area contributed by atoms with Crippen molar-refractivity contribution < 1.29 is 37.9 Å². The summed E-state index contributed by atoms with van der Waals surface area (Å²) in [5.41, 5.74) is 0.0816. The van der Waals surface area contributed by atoms with E-state index in [1.54, 1.807) is 29.2 Å². The van der Waals surface area contributed by atoms with Crippen molar-refractivity contribution >= 4 is 51.5 Å². The first-order valence-corrected chi connectivity index (χ1v) is 15.0. The maximum absolute atomic E-state index is 12.8. The summed E-state index contributed by atoms with van der Waals surface area (Å²) < 4.78 is 17.2. The van der Waals surface area contributed by atoms with Crippen LogP contribution in [0.15, 0.2) is 34.7 Å². The lowest BCUT2D eigenvalue weighted by Gasteiger charge is -2.30. The molecule has 0 saturated carbocycles. The quantitative estimate of drug-likeness (QED) is 0.196. The van der Waals surface area contributed by atoms with E-state index in [4.69, 9.17) is 13.9 Å². The Kier molecular flexibility index (Phi) is 9.95. The Morgan fingerprint density at radius 3 is 2.02 bits per heavy atom. The first-order chi connectivity index (χ1) is 21.3. The summed E-state index contributed by atoms with van der Waals surface area (Å²) in [6, 6.07) is 8.34. The molecule has 2 aromatic carbocycles. The molecule has 234 valence electrons. The molecule has 1 aromatic heterocycles. The standard InChI is InChI=1S/C31H37N5O8/c1-20(37)24-18-23-27(43-31(41)34-13-12-32-19-26(39)36-16-7-17-36)21-8-2-3-9-22(21)28(29(23)42-24)44-30(40)33-11-5-4-10-25(38)35-14-6-15-35/h2-3,8-9,18,32H,4-7,10-17,19H2,1H3,(H,33,40)(H,34,41). The van der Waals surface area contributed by atoms with Crippen LogP contribution in [-0.4, -0.2) is 91.9 Å². The lowest BCUT2D eigenvalue weighted by atomic mass is 10.1. The van der Waals surface area contributed by atoms with Crippen LogP contribution in [0.5, 0.6) is 11.5 Å². The van der Waals surface area contributed by atoms with Crippen molar-refractivity contribution in [2.45, 2.75) is 39.0 Å². The summed E-state index contributed by atoms with van der Waals surface area (Å²) in [7, 11) is 0. The highest BCUT2D eigenvalue weighted by Crippen LogP contribution is 2.44. The number of fused-ring (bicyclic) bond motifs is 2. The molecule has 44 heavy (non-hydrogen) atoms. The van der Waals surface area contributed by atoms with E-state index in [9.17, 15) is 24.0 Å². The summed E-state index contributed by atoms with van der Waals surface area (Å²) in [5.74, 6) is 0.0335. The fraction of sp³-hybridized carbons (Fsp3) is 0.452. The zero-order chi connectivity index (χ0) is 31.1. The van der Waals surface area contributed by atoms with Crippen LogP contribution in [0.25, 0.3) is 21.7 Å². The van der Waals surface area contributed by atoms with Gasteiger partial charge in [0.05, 0.1) is 11.9 Å². The highest BCUT2D eigenvalue weighted by molar-refractivity contribution is 6.12. The van der Waals surface area contributed by atoms with Gasteiger partial charge in [-0.25, -0.2) is 9.59 Å². The maximum atomic E-state index is 12.8. The predicted octanol–water partition coefficient (Wildman–Crippen LogP) is 3.19. The first-order valence-electron chi connectivity index (χ1n) is 15.0. The molecular weight excluding hydrogens is 570 g/mol. The molecule has 0 bridgehead atoms. The van der Waals surface area contributed by atoms with Gasteiger partial charge in [0.2, 0.25) is 11.8 Å². The van der Waals surface area contributed by atoms with Gasteiger partial charge in [-0.15, -0.1) is 0 Å². The minimum atomic E-state index is -0.739. The number of likely N-dealkylation sites (tertiary alicyclic amines) is 2. The van der Waals surface area contributed by atoms with Crippen LogP contribution < -0.4 is 25.4 Å². The lowest BCUT2D eigenvalue weighted by molar-refractivity contribution is -0.135. The van der Waals surface area contributed by atoms with Crippen molar-refractivity contribution in [1.29, 1.82) is 0 Å². The fourth-order valence-electron chi connectivity index (χ4n) is 4.96. The number of nitrogens with one attached hydrogen (secondary N) is 3. The highest BCUT2D eigenvalue weighted by atomic mass is 16.6. The largest absolute Gasteiger partial charge is 0.449 e. The number of ether oxygens (including phenoxy) is 2.